The number of hydrogen-bond acceptors (Lipinski definition) is 6. The van der Waals surface area contributed by atoms with E-state index in [9.17, 15) is 0 Å². The molecule has 0 aliphatic carbocycles. The summed E-state index contributed by atoms with van der Waals surface area (Å²) in [6, 6.07) is 0. The van der Waals surface area contributed by atoms with Crippen LogP contribution in [0.25, 0.3) is 0 Å². The highest BCUT2D eigenvalue weighted by Crippen LogP contribution is 2.21. The van der Waals surface area contributed by atoms with Crippen LogP contribution in [0.5, 0.6) is 0 Å². The number of nitrogens with one attached hydrogen (secondary N) is 2. The van der Waals surface area contributed by atoms with Gasteiger partial charge in [-0.05, 0) is 50.4 Å². The Morgan fingerprint density at radius 1 is 1.65 bits per heavy atom. The Morgan fingerprint density at radius 3 is 3.05 bits per heavy atom. The third-order valence-corrected chi connectivity index (χ3v) is 4.09. The van der Waals surface area contributed by atoms with Crippen LogP contribution >= 0.6 is 23.8 Å². The number of thiocarbonyl (C=S) groups is 1. The molecule has 0 bridgehead atoms. The number of rotatable bonds is 4. The third-order valence-electron chi connectivity index (χ3n) is 3.09. The fraction of sp³-hybridized carbons (Fsp3) is 0.583. The van der Waals surface area contributed by atoms with Crippen LogP contribution in [0.3, 0.4) is 0 Å². The van der Waals surface area contributed by atoms with E-state index in [4.69, 9.17) is 22.7 Å². The van der Waals surface area contributed by atoms with Crippen molar-refractivity contribution in [1.82, 2.24) is 15.1 Å². The second kappa shape index (κ2) is 6.96. The van der Waals surface area contributed by atoms with Gasteiger partial charge in [0.1, 0.15) is 5.00 Å². The number of aromatic nitrogens is 1. The summed E-state index contributed by atoms with van der Waals surface area (Å²) >= 11 is 6.45. The molecule has 1 aliphatic heterocycles. The minimum Gasteiger partial charge on any atom is -0.389 e. The first-order valence-corrected chi connectivity index (χ1v) is 7.68. The molecule has 1 aromatic heterocycles. The highest BCUT2D eigenvalue weighted by Gasteiger charge is 2.15. The molecular formula is C12H19N5OS2. The topological polar surface area (TPSA) is 84.6 Å². The van der Waals surface area contributed by atoms with E-state index in [2.05, 4.69) is 20.2 Å². The molecule has 0 unspecified atom stereocenters. The minimum atomic E-state index is 0.249. The molecule has 1 fully saturated rings. The van der Waals surface area contributed by atoms with Gasteiger partial charge < -0.3 is 15.8 Å². The lowest BCUT2D eigenvalue weighted by Gasteiger charge is -2.12. The molecule has 0 radical (unpaired) electrons. The maximum Gasteiger partial charge on any atom is 0.187 e. The lowest BCUT2D eigenvalue weighted by molar-refractivity contribution is 0.114. The zero-order valence-corrected chi connectivity index (χ0v) is 13.2. The maximum absolute atomic E-state index is 5.87. The Hall–Kier alpha value is -1.25. The van der Waals surface area contributed by atoms with Gasteiger partial charge >= 0.3 is 0 Å². The van der Waals surface area contributed by atoms with Crippen LogP contribution in [0.1, 0.15) is 31.0 Å². The number of nitrogens with zero attached hydrogens (tertiary/aromatic N) is 2. The summed E-state index contributed by atoms with van der Waals surface area (Å²) < 4.78 is 9.71. The number of nitrogen functional groups attached to an aromatic ring is 1. The average molecular weight is 313 g/mol. The van der Waals surface area contributed by atoms with Crippen molar-refractivity contribution in [3.8, 4) is 0 Å². The monoisotopic (exact) mass is 313 g/mol. The van der Waals surface area contributed by atoms with E-state index < -0.39 is 0 Å². The van der Waals surface area contributed by atoms with E-state index in [1.54, 1.807) is 0 Å². The van der Waals surface area contributed by atoms with Crippen LogP contribution in [0.2, 0.25) is 0 Å². The van der Waals surface area contributed by atoms with Crippen molar-refractivity contribution < 1.29 is 4.74 Å². The van der Waals surface area contributed by atoms with Crippen molar-refractivity contribution in [2.75, 3.05) is 18.9 Å². The van der Waals surface area contributed by atoms with E-state index in [0.717, 1.165) is 36.4 Å². The van der Waals surface area contributed by atoms with Gasteiger partial charge in [-0.1, -0.05) is 0 Å². The van der Waals surface area contributed by atoms with Gasteiger partial charge in [-0.2, -0.15) is 9.47 Å². The molecule has 6 nitrogen and oxygen atoms in total. The van der Waals surface area contributed by atoms with Crippen LogP contribution in [-0.2, 0) is 4.74 Å². The van der Waals surface area contributed by atoms with Gasteiger partial charge in [0, 0.05) is 13.2 Å². The number of anilines is 1. The van der Waals surface area contributed by atoms with Crippen molar-refractivity contribution >= 4 is 39.6 Å². The Kier molecular flexibility index (Phi) is 5.27. The molecule has 1 aliphatic rings. The second-order valence-electron chi connectivity index (χ2n) is 4.66. The van der Waals surface area contributed by atoms with Crippen molar-refractivity contribution in [3.63, 3.8) is 0 Å². The largest absolute Gasteiger partial charge is 0.389 e. The Bertz CT molecular complexity index is 488. The zero-order valence-electron chi connectivity index (χ0n) is 11.6. The summed E-state index contributed by atoms with van der Waals surface area (Å²) in [5, 5.41) is 8.50. The normalized spacial score (nSPS) is 19.1. The van der Waals surface area contributed by atoms with Gasteiger partial charge in [0.15, 0.2) is 5.11 Å². The van der Waals surface area contributed by atoms with Crippen LogP contribution in [0.4, 0.5) is 5.00 Å². The summed E-state index contributed by atoms with van der Waals surface area (Å²) in [6.07, 6.45) is 2.45. The van der Waals surface area contributed by atoms with Gasteiger partial charge in [-0.25, -0.2) is 0 Å². The zero-order chi connectivity index (χ0) is 14.5. The molecule has 1 saturated heterocycles. The molecule has 1 aromatic rings. The molecule has 0 aromatic carbocycles. The van der Waals surface area contributed by atoms with E-state index >= 15 is 0 Å². The molecule has 0 spiro atoms. The molecule has 2 rings (SSSR count). The molecule has 4 N–H and O–H groups in total. The summed E-state index contributed by atoms with van der Waals surface area (Å²) in [4.78, 5) is 0. The van der Waals surface area contributed by atoms with Gasteiger partial charge in [0.2, 0.25) is 0 Å². The van der Waals surface area contributed by atoms with E-state index in [1.165, 1.54) is 11.5 Å². The lowest BCUT2D eigenvalue weighted by Crippen LogP contribution is -2.37. The first kappa shape index (κ1) is 15.1. The number of hydrazone groups is 1. The predicted molar refractivity (Wildman–Crippen MR) is 86.2 cm³/mol. The van der Waals surface area contributed by atoms with Crippen molar-refractivity contribution in [1.29, 1.82) is 0 Å². The van der Waals surface area contributed by atoms with E-state index in [0.29, 0.717) is 16.7 Å². The van der Waals surface area contributed by atoms with Crippen molar-refractivity contribution in [2.24, 2.45) is 5.10 Å². The van der Waals surface area contributed by atoms with Crippen LogP contribution in [0, 0.1) is 6.92 Å². The summed E-state index contributed by atoms with van der Waals surface area (Å²) in [7, 11) is 0. The molecule has 20 heavy (non-hydrogen) atoms. The quantitative estimate of drug-likeness (QED) is 0.443. The Balaban J connectivity index is 1.83. The van der Waals surface area contributed by atoms with Gasteiger partial charge in [0.25, 0.3) is 0 Å². The fourth-order valence-corrected chi connectivity index (χ4v) is 2.91. The Morgan fingerprint density at radius 2 is 2.45 bits per heavy atom. The summed E-state index contributed by atoms with van der Waals surface area (Å²) in [6.45, 7) is 5.34. The molecule has 8 heteroatoms. The van der Waals surface area contributed by atoms with Crippen molar-refractivity contribution in [2.45, 2.75) is 32.8 Å². The van der Waals surface area contributed by atoms with E-state index in [-0.39, 0.29) is 6.10 Å². The van der Waals surface area contributed by atoms with Gasteiger partial charge in [0.05, 0.1) is 23.1 Å². The maximum atomic E-state index is 5.87. The number of nitrogens with two attached hydrogens (primary N) is 1. The SMILES string of the molecule is C/C(=N/NC(=S)NC[C@H]1CCCO1)c1c(C)nsc1N. The van der Waals surface area contributed by atoms with Gasteiger partial charge in [-0.15, -0.1) is 0 Å². The van der Waals surface area contributed by atoms with Crippen LogP contribution < -0.4 is 16.5 Å². The minimum absolute atomic E-state index is 0.249. The number of aryl methyl sites for hydroxylation is 1. The number of hydrogen-bond donors (Lipinski definition) is 3. The van der Waals surface area contributed by atoms with Crippen LogP contribution in [0.15, 0.2) is 5.10 Å². The molecule has 0 amide bonds. The third kappa shape index (κ3) is 3.87. The predicted octanol–water partition coefficient (Wildman–Crippen LogP) is 1.40. The first-order valence-electron chi connectivity index (χ1n) is 6.49. The first-order chi connectivity index (χ1) is 9.58. The highest BCUT2D eigenvalue weighted by atomic mass is 32.1. The number of ether oxygens (including phenoxy) is 1. The summed E-state index contributed by atoms with van der Waals surface area (Å²) in [5.41, 5.74) is 11.2. The molecular weight excluding hydrogens is 294 g/mol. The van der Waals surface area contributed by atoms with Crippen LogP contribution in [-0.4, -0.2) is 34.5 Å². The van der Waals surface area contributed by atoms with E-state index in [1.807, 2.05) is 13.8 Å². The van der Waals surface area contributed by atoms with Crippen molar-refractivity contribution in [3.05, 3.63) is 11.3 Å². The Labute approximate surface area is 127 Å². The molecule has 2 heterocycles. The molecule has 0 saturated carbocycles. The smallest absolute Gasteiger partial charge is 0.187 e. The average Bonchev–Trinajstić information content (AvgIpc) is 3.04. The highest BCUT2D eigenvalue weighted by molar-refractivity contribution is 7.80. The lowest BCUT2D eigenvalue weighted by atomic mass is 10.2. The van der Waals surface area contributed by atoms with Gasteiger partial charge in [-0.3, -0.25) is 5.43 Å². The second-order valence-corrected chi connectivity index (χ2v) is 5.87. The standard InChI is InChI=1S/C12H19N5OS2/c1-7(10-8(2)17-20-11(10)13)15-16-12(19)14-6-9-4-3-5-18-9/h9H,3-6,13H2,1-2H3,(H2,14,16,19)/b15-7-/t9-/m1/s1. The fourth-order valence-electron chi connectivity index (χ4n) is 2.07. The molecule has 1 atom stereocenters. The molecule has 110 valence electrons. The summed E-state index contributed by atoms with van der Waals surface area (Å²) in [5.74, 6) is 0.